The maximum Gasteiger partial charge on any atom is 0.287 e. The van der Waals surface area contributed by atoms with E-state index < -0.39 is 15.7 Å². The number of nitrogens with two attached hydrogens (primary N) is 1. The lowest BCUT2D eigenvalue weighted by Crippen LogP contribution is -2.27. The highest BCUT2D eigenvalue weighted by atomic mass is 35.5. The zero-order chi connectivity index (χ0) is 37.6. The number of benzene rings is 3. The molecule has 0 aliphatic carbocycles. The Labute approximate surface area is 319 Å². The van der Waals surface area contributed by atoms with Gasteiger partial charge in [0.2, 0.25) is 0 Å². The molecule has 6 saturated heterocycles. The molecular formula is C39H43ClFN9O4. The Morgan fingerprint density at radius 3 is 1.35 bits per heavy atom. The molecular weight excluding hydrogens is 713 g/mol. The van der Waals surface area contributed by atoms with Crippen LogP contribution in [0.2, 0.25) is 0 Å². The predicted molar refractivity (Wildman–Crippen MR) is 205 cm³/mol. The quantitative estimate of drug-likeness (QED) is 0.149. The van der Waals surface area contributed by atoms with Gasteiger partial charge in [-0.25, -0.2) is 4.39 Å². The summed E-state index contributed by atoms with van der Waals surface area (Å²) in [4.78, 5) is 24.6. The van der Waals surface area contributed by atoms with Gasteiger partial charge < -0.3 is 20.9 Å². The Morgan fingerprint density at radius 1 is 0.611 bits per heavy atom. The summed E-state index contributed by atoms with van der Waals surface area (Å²) >= 11 is 0. The fraction of sp³-hybridized carbons (Fsp3) is 0.462. The van der Waals surface area contributed by atoms with Crippen LogP contribution in [0.1, 0.15) is 93.7 Å². The maximum absolute atomic E-state index is 12.4. The number of hydrogen-bond donors (Lipinski definition) is 2. The van der Waals surface area contributed by atoms with Crippen molar-refractivity contribution in [1.82, 2.24) is 5.32 Å². The second kappa shape index (κ2) is 17.6. The van der Waals surface area contributed by atoms with E-state index in [1.807, 2.05) is 24.3 Å². The van der Waals surface area contributed by atoms with E-state index in [9.17, 15) is 24.6 Å². The Hall–Kier alpha value is -5.49. The fourth-order valence-corrected chi connectivity index (χ4v) is 8.92. The number of nitro benzene ring substituents is 2. The van der Waals surface area contributed by atoms with Crippen molar-refractivity contribution in [2.24, 2.45) is 0 Å². The van der Waals surface area contributed by atoms with E-state index in [2.05, 4.69) is 21.2 Å². The first-order chi connectivity index (χ1) is 25.6. The van der Waals surface area contributed by atoms with Gasteiger partial charge in [-0.05, 0) is 120 Å². The molecule has 13 nitrogen and oxygen atoms in total. The topological polar surface area (TPSA) is 202 Å². The Bertz CT molecular complexity index is 1940. The van der Waals surface area contributed by atoms with E-state index in [0.29, 0.717) is 35.4 Å². The van der Waals surface area contributed by atoms with Gasteiger partial charge in [-0.1, -0.05) is 0 Å². The van der Waals surface area contributed by atoms with Crippen molar-refractivity contribution in [3.8, 4) is 18.2 Å². The molecule has 0 unspecified atom stereocenters. The number of nitrogens with zero attached hydrogens (tertiary/aromatic N) is 7. The second-order valence-electron chi connectivity index (χ2n) is 14.4. The van der Waals surface area contributed by atoms with E-state index >= 15 is 0 Å². The number of nitrogens with one attached hydrogen (secondary N) is 1. The van der Waals surface area contributed by atoms with Gasteiger partial charge in [-0.3, -0.25) is 20.2 Å². The summed E-state index contributed by atoms with van der Waals surface area (Å²) in [6.45, 7) is 0. The van der Waals surface area contributed by atoms with E-state index in [-0.39, 0.29) is 34.9 Å². The molecule has 3 N–H and O–H groups in total. The average Bonchev–Trinajstić information content (AvgIpc) is 4.06. The third kappa shape index (κ3) is 8.65. The molecule has 0 atom stereocenters. The lowest BCUT2D eigenvalue weighted by Gasteiger charge is -2.24. The molecule has 6 bridgehead atoms. The fourth-order valence-electron chi connectivity index (χ4n) is 8.92. The summed E-state index contributed by atoms with van der Waals surface area (Å²) < 4.78 is 12.4. The van der Waals surface area contributed by atoms with Crippen molar-refractivity contribution in [2.75, 3.05) is 15.5 Å². The Balaban J connectivity index is 0.000000144. The van der Waals surface area contributed by atoms with Crippen LogP contribution in [0.15, 0.2) is 54.6 Å². The molecule has 0 radical (unpaired) electrons. The van der Waals surface area contributed by atoms with E-state index in [1.54, 1.807) is 12.1 Å². The smallest absolute Gasteiger partial charge is 0.287 e. The van der Waals surface area contributed by atoms with E-state index in [4.69, 9.17) is 21.5 Å². The second-order valence-corrected chi connectivity index (χ2v) is 14.4. The van der Waals surface area contributed by atoms with Gasteiger partial charge in [0, 0.05) is 65.4 Å². The molecule has 0 saturated carbocycles. The van der Waals surface area contributed by atoms with Crippen molar-refractivity contribution in [3.63, 3.8) is 0 Å². The minimum atomic E-state index is -0.724. The molecule has 282 valence electrons. The summed E-state index contributed by atoms with van der Waals surface area (Å²) in [6, 6.07) is 23.4. The van der Waals surface area contributed by atoms with E-state index in [0.717, 1.165) is 36.0 Å². The molecule has 6 fully saturated rings. The number of halogens is 2. The number of rotatable bonds is 4. The van der Waals surface area contributed by atoms with Gasteiger partial charge in [-0.2, -0.15) is 15.8 Å². The van der Waals surface area contributed by atoms with E-state index in [1.165, 1.54) is 94.9 Å². The molecule has 6 heterocycles. The monoisotopic (exact) mass is 755 g/mol. The number of fused-ring (bicyclic) bond motifs is 6. The largest absolute Gasteiger partial charge is 0.398 e. The van der Waals surface area contributed by atoms with Gasteiger partial charge in [0.15, 0.2) is 0 Å². The lowest BCUT2D eigenvalue weighted by molar-refractivity contribution is -0.385. The van der Waals surface area contributed by atoms with Crippen LogP contribution in [0.4, 0.5) is 32.8 Å². The van der Waals surface area contributed by atoms with Gasteiger partial charge in [0.05, 0.1) is 15.4 Å². The van der Waals surface area contributed by atoms with Gasteiger partial charge in [0.1, 0.15) is 35.2 Å². The zero-order valence-electron chi connectivity index (χ0n) is 29.8. The Morgan fingerprint density at radius 2 is 0.981 bits per heavy atom. The first kappa shape index (κ1) is 39.7. The standard InChI is InChI=1S/C13H13N3O2.C13H15N3.C7H3FN2O2.C6H11N.ClH/c14-8-9-7-12(5-6-13(9)16(17)18)15-10-1-2-11(15)4-3-10;14-8-9-7-12(5-6-13(9)15)16-10-1-2-11(16)4-3-10;8-6-1-2-7(10(11)12)5(3-6)4-9;1-2-6-4-3-5(1)7-6;/h5-7,10-11H,1-4H2;5-7,10-11H,1-4,15H2;1-3H;5-7H,1-4H2;1H. The molecule has 54 heavy (non-hydrogen) atoms. The summed E-state index contributed by atoms with van der Waals surface area (Å²) in [5.41, 5.74) is 8.47. The zero-order valence-corrected chi connectivity index (χ0v) is 30.6. The lowest BCUT2D eigenvalue weighted by atomic mass is 10.0. The minimum absolute atomic E-state index is 0. The Kier molecular flexibility index (Phi) is 12.9. The van der Waals surface area contributed by atoms with Crippen molar-refractivity contribution in [1.29, 1.82) is 15.8 Å². The summed E-state index contributed by atoms with van der Waals surface area (Å²) in [6.07, 6.45) is 15.8. The molecule has 0 spiro atoms. The molecule has 9 rings (SSSR count). The number of nitrogen functional groups attached to an aromatic ring is 1. The number of anilines is 3. The SMILES string of the molecule is C1CC2CCC1N2.Cl.N#Cc1cc(F)ccc1[N+](=O)[O-].N#Cc1cc(N2C3CCC2CC3)ccc1N.N#Cc1cc(N2C3CCC2CC3)ccc1[N+](=O)[O-]. The van der Waals surface area contributed by atoms with Crippen LogP contribution in [0, 0.1) is 60.0 Å². The first-order valence-electron chi connectivity index (χ1n) is 18.2. The third-order valence-electron chi connectivity index (χ3n) is 11.4. The number of nitriles is 3. The van der Waals surface area contributed by atoms with Crippen LogP contribution in [0.3, 0.4) is 0 Å². The number of hydrogen-bond acceptors (Lipinski definition) is 11. The minimum Gasteiger partial charge on any atom is -0.398 e. The van der Waals surface area contributed by atoms with Crippen LogP contribution < -0.4 is 20.9 Å². The highest BCUT2D eigenvalue weighted by Gasteiger charge is 2.40. The molecule has 0 aromatic heterocycles. The molecule has 3 aromatic rings. The highest BCUT2D eigenvalue weighted by Crippen LogP contribution is 2.43. The number of nitro groups is 2. The third-order valence-corrected chi connectivity index (χ3v) is 11.4. The van der Waals surface area contributed by atoms with Crippen molar-refractivity contribution in [3.05, 3.63) is 97.3 Å². The molecule has 3 aromatic carbocycles. The summed E-state index contributed by atoms with van der Waals surface area (Å²) in [5.74, 6) is -0.655. The molecule has 0 amide bonds. The summed E-state index contributed by atoms with van der Waals surface area (Å²) in [5, 5.41) is 50.9. The van der Waals surface area contributed by atoms with Crippen LogP contribution in [0.5, 0.6) is 0 Å². The molecule has 15 heteroatoms. The predicted octanol–water partition coefficient (Wildman–Crippen LogP) is 7.80. The average molecular weight is 756 g/mol. The normalized spacial score (nSPS) is 24.6. The van der Waals surface area contributed by atoms with Gasteiger partial charge in [-0.15, -0.1) is 12.4 Å². The summed E-state index contributed by atoms with van der Waals surface area (Å²) in [7, 11) is 0. The van der Waals surface area contributed by atoms with Crippen LogP contribution in [-0.2, 0) is 0 Å². The highest BCUT2D eigenvalue weighted by molar-refractivity contribution is 5.85. The van der Waals surface area contributed by atoms with Crippen LogP contribution >= 0.6 is 12.4 Å². The van der Waals surface area contributed by atoms with Gasteiger partial charge >= 0.3 is 0 Å². The van der Waals surface area contributed by atoms with Gasteiger partial charge in [0.25, 0.3) is 11.4 Å². The van der Waals surface area contributed by atoms with Crippen molar-refractivity contribution < 1.29 is 14.2 Å². The maximum atomic E-state index is 12.4. The van der Waals surface area contributed by atoms with Crippen LogP contribution in [-0.4, -0.2) is 46.1 Å². The van der Waals surface area contributed by atoms with Crippen molar-refractivity contribution in [2.45, 2.75) is 113 Å². The molecule has 6 aliphatic rings. The van der Waals surface area contributed by atoms with Crippen molar-refractivity contribution >= 4 is 40.8 Å². The molecule has 6 aliphatic heterocycles. The van der Waals surface area contributed by atoms with Crippen LogP contribution in [0.25, 0.3) is 0 Å². The first-order valence-corrected chi connectivity index (χ1v) is 18.2.